The summed E-state index contributed by atoms with van der Waals surface area (Å²) < 4.78 is 7.50. The van der Waals surface area contributed by atoms with Crippen molar-refractivity contribution in [3.63, 3.8) is 0 Å². The van der Waals surface area contributed by atoms with E-state index in [9.17, 15) is 14.7 Å². The fourth-order valence-corrected chi connectivity index (χ4v) is 3.81. The molecule has 9 heteroatoms. The van der Waals surface area contributed by atoms with Gasteiger partial charge in [-0.2, -0.15) is 0 Å². The molecule has 0 bridgehead atoms. The van der Waals surface area contributed by atoms with E-state index in [1.807, 2.05) is 38.1 Å². The Bertz CT molecular complexity index is 1100. The molecule has 1 aliphatic rings. The van der Waals surface area contributed by atoms with Crippen LogP contribution in [0.5, 0.6) is 0 Å². The summed E-state index contributed by atoms with van der Waals surface area (Å²) in [5.41, 5.74) is 1.21. The first-order valence-electron chi connectivity index (χ1n) is 8.75. The van der Waals surface area contributed by atoms with Crippen molar-refractivity contribution in [1.29, 1.82) is 0 Å². The molecule has 1 aliphatic heterocycles. The minimum Gasteiger partial charge on any atom is -0.465 e. The first-order valence-corrected chi connectivity index (χ1v) is 9.13. The number of benzene rings is 1. The SMILES string of the molecule is CC1(C)CN(C(=O)O)[C@@H](c2ccc(-n3c(Cl)cc4c(=O)[nH]cnc43)cc2)CO1. The van der Waals surface area contributed by atoms with Crippen molar-refractivity contribution >= 4 is 28.7 Å². The van der Waals surface area contributed by atoms with Gasteiger partial charge in [-0.05, 0) is 37.6 Å². The molecule has 0 aliphatic carbocycles. The fraction of sp³-hybridized carbons (Fsp3) is 0.316. The average molecular weight is 403 g/mol. The molecule has 1 saturated heterocycles. The van der Waals surface area contributed by atoms with Crippen LogP contribution < -0.4 is 5.56 Å². The number of rotatable bonds is 2. The molecule has 1 fully saturated rings. The normalized spacial score (nSPS) is 19.1. The Labute approximate surface area is 165 Å². The highest BCUT2D eigenvalue weighted by molar-refractivity contribution is 6.31. The number of ether oxygens (including phenoxy) is 1. The van der Waals surface area contributed by atoms with Crippen molar-refractivity contribution in [2.45, 2.75) is 25.5 Å². The molecule has 1 amide bonds. The molecule has 3 heterocycles. The van der Waals surface area contributed by atoms with Gasteiger partial charge in [-0.15, -0.1) is 0 Å². The van der Waals surface area contributed by atoms with Crippen molar-refractivity contribution in [1.82, 2.24) is 19.4 Å². The number of H-pyrrole nitrogens is 1. The molecule has 2 N–H and O–H groups in total. The Morgan fingerprint density at radius 1 is 1.36 bits per heavy atom. The van der Waals surface area contributed by atoms with Crippen LogP contribution in [0.15, 0.2) is 41.5 Å². The van der Waals surface area contributed by atoms with Crippen LogP contribution in [0.4, 0.5) is 4.79 Å². The van der Waals surface area contributed by atoms with Gasteiger partial charge in [-0.25, -0.2) is 9.78 Å². The molecule has 4 rings (SSSR count). The number of hydrogen-bond donors (Lipinski definition) is 2. The third kappa shape index (κ3) is 3.14. The standard InChI is InChI=1S/C19H19ClN4O4/c1-19(2)9-23(18(26)27)14(8-28-19)11-3-5-12(6-4-11)24-15(20)7-13-16(24)21-10-22-17(13)25/h3-7,10,14H,8-9H2,1-2H3,(H,26,27)(H,21,22,25)/t14-/m1/s1. The van der Waals surface area contributed by atoms with Gasteiger partial charge < -0.3 is 14.8 Å². The van der Waals surface area contributed by atoms with E-state index in [4.69, 9.17) is 16.3 Å². The first kappa shape index (κ1) is 18.5. The van der Waals surface area contributed by atoms with Crippen molar-refractivity contribution in [3.8, 4) is 5.69 Å². The second-order valence-electron chi connectivity index (χ2n) is 7.36. The van der Waals surface area contributed by atoms with Gasteiger partial charge in [0.15, 0.2) is 5.65 Å². The van der Waals surface area contributed by atoms with Crippen molar-refractivity contribution in [2.24, 2.45) is 0 Å². The Morgan fingerprint density at radius 2 is 2.07 bits per heavy atom. The van der Waals surface area contributed by atoms with Gasteiger partial charge in [-0.1, -0.05) is 23.7 Å². The minimum absolute atomic E-state index is 0.263. The molecule has 28 heavy (non-hydrogen) atoms. The Morgan fingerprint density at radius 3 is 2.75 bits per heavy atom. The zero-order valence-electron chi connectivity index (χ0n) is 15.3. The monoisotopic (exact) mass is 402 g/mol. The molecule has 1 aromatic carbocycles. The van der Waals surface area contributed by atoms with Gasteiger partial charge in [0.2, 0.25) is 0 Å². The number of aromatic amines is 1. The highest BCUT2D eigenvalue weighted by atomic mass is 35.5. The molecule has 3 aromatic rings. The van der Waals surface area contributed by atoms with Crippen LogP contribution in [0.3, 0.4) is 0 Å². The lowest BCUT2D eigenvalue weighted by atomic mass is 9.99. The summed E-state index contributed by atoms with van der Waals surface area (Å²) in [5.74, 6) is 0. The maximum atomic E-state index is 11.9. The second-order valence-corrected chi connectivity index (χ2v) is 7.75. The van der Waals surface area contributed by atoms with Gasteiger partial charge in [0, 0.05) is 5.69 Å². The van der Waals surface area contributed by atoms with E-state index in [0.717, 1.165) is 11.3 Å². The summed E-state index contributed by atoms with van der Waals surface area (Å²) in [5, 5.41) is 10.4. The molecule has 0 spiro atoms. The zero-order chi connectivity index (χ0) is 20.1. The maximum Gasteiger partial charge on any atom is 0.407 e. The van der Waals surface area contributed by atoms with Crippen LogP contribution in [0.1, 0.15) is 25.5 Å². The van der Waals surface area contributed by atoms with E-state index in [1.54, 1.807) is 10.6 Å². The van der Waals surface area contributed by atoms with E-state index in [2.05, 4.69) is 9.97 Å². The number of morpholine rings is 1. The third-order valence-electron chi connectivity index (χ3n) is 4.90. The van der Waals surface area contributed by atoms with E-state index in [0.29, 0.717) is 16.2 Å². The predicted octanol–water partition coefficient (Wildman–Crippen LogP) is 3.20. The number of aromatic nitrogens is 3. The number of fused-ring (bicyclic) bond motifs is 1. The summed E-state index contributed by atoms with van der Waals surface area (Å²) in [4.78, 5) is 31.8. The van der Waals surface area contributed by atoms with Gasteiger partial charge in [0.05, 0.1) is 36.5 Å². The maximum absolute atomic E-state index is 11.9. The van der Waals surface area contributed by atoms with E-state index in [1.165, 1.54) is 11.2 Å². The van der Waals surface area contributed by atoms with E-state index >= 15 is 0 Å². The molecule has 8 nitrogen and oxygen atoms in total. The third-order valence-corrected chi connectivity index (χ3v) is 5.18. The van der Waals surface area contributed by atoms with Crippen LogP contribution in [0, 0.1) is 0 Å². The molecular formula is C19H19ClN4O4. The molecule has 0 unspecified atom stereocenters. The van der Waals surface area contributed by atoms with Crippen LogP contribution in [-0.2, 0) is 4.74 Å². The highest BCUT2D eigenvalue weighted by Crippen LogP contribution is 2.32. The van der Waals surface area contributed by atoms with Gasteiger partial charge in [-0.3, -0.25) is 14.3 Å². The number of nitrogens with one attached hydrogen (secondary N) is 1. The largest absolute Gasteiger partial charge is 0.465 e. The van der Waals surface area contributed by atoms with Crippen molar-refractivity contribution < 1.29 is 14.6 Å². The van der Waals surface area contributed by atoms with E-state index in [-0.39, 0.29) is 18.7 Å². The first-order chi connectivity index (χ1) is 13.3. The smallest absolute Gasteiger partial charge is 0.407 e. The summed E-state index contributed by atoms with van der Waals surface area (Å²) in [6, 6.07) is 8.50. The lowest BCUT2D eigenvalue weighted by Crippen LogP contribution is -2.51. The lowest BCUT2D eigenvalue weighted by molar-refractivity contribution is -0.106. The lowest BCUT2D eigenvalue weighted by Gasteiger charge is -2.42. The van der Waals surface area contributed by atoms with Gasteiger partial charge in [0.1, 0.15) is 5.15 Å². The summed E-state index contributed by atoms with van der Waals surface area (Å²) in [7, 11) is 0. The molecule has 0 saturated carbocycles. The van der Waals surface area contributed by atoms with Crippen molar-refractivity contribution in [2.75, 3.05) is 13.2 Å². The molecular weight excluding hydrogens is 384 g/mol. The molecule has 0 radical (unpaired) electrons. The Kier molecular flexibility index (Phi) is 4.40. The number of nitrogens with zero attached hydrogens (tertiary/aromatic N) is 3. The second kappa shape index (κ2) is 6.65. The average Bonchev–Trinajstić information content (AvgIpc) is 2.99. The Balaban J connectivity index is 1.70. The fourth-order valence-electron chi connectivity index (χ4n) is 3.52. The number of carboxylic acid groups (broad SMARTS) is 1. The van der Waals surface area contributed by atoms with E-state index < -0.39 is 17.7 Å². The quantitative estimate of drug-likeness (QED) is 0.685. The summed E-state index contributed by atoms with van der Waals surface area (Å²) in [6.07, 6.45) is 0.353. The summed E-state index contributed by atoms with van der Waals surface area (Å²) in [6.45, 7) is 4.31. The molecule has 2 aromatic heterocycles. The highest BCUT2D eigenvalue weighted by Gasteiger charge is 2.37. The van der Waals surface area contributed by atoms with Crippen molar-refractivity contribution in [3.05, 3.63) is 57.7 Å². The minimum atomic E-state index is -0.978. The predicted molar refractivity (Wildman–Crippen MR) is 104 cm³/mol. The number of amides is 1. The van der Waals surface area contributed by atoms with Gasteiger partial charge >= 0.3 is 6.09 Å². The zero-order valence-corrected chi connectivity index (χ0v) is 16.1. The number of hydrogen-bond acceptors (Lipinski definition) is 4. The van der Waals surface area contributed by atoms with Crippen LogP contribution in [-0.4, -0.2) is 49.4 Å². The summed E-state index contributed by atoms with van der Waals surface area (Å²) >= 11 is 6.32. The Hall–Kier alpha value is -2.84. The van der Waals surface area contributed by atoms with Crippen LogP contribution in [0.2, 0.25) is 5.15 Å². The topological polar surface area (TPSA) is 100 Å². The number of carbonyl (C=O) groups is 1. The van der Waals surface area contributed by atoms with Gasteiger partial charge in [0.25, 0.3) is 5.56 Å². The molecule has 146 valence electrons. The number of halogens is 1. The van der Waals surface area contributed by atoms with Crippen LogP contribution in [0.25, 0.3) is 16.7 Å². The molecule has 1 atom stereocenters. The van der Waals surface area contributed by atoms with Crippen LogP contribution >= 0.6 is 11.6 Å².